The Labute approximate surface area is 68.7 Å². The van der Waals surface area contributed by atoms with Crippen LogP contribution in [0, 0.1) is 5.92 Å². The van der Waals surface area contributed by atoms with Gasteiger partial charge in [0.15, 0.2) is 0 Å². The molecule has 0 amide bonds. The van der Waals surface area contributed by atoms with Gasteiger partial charge >= 0.3 is 0 Å². The van der Waals surface area contributed by atoms with Gasteiger partial charge in [-0.1, -0.05) is 6.92 Å². The van der Waals surface area contributed by atoms with Crippen molar-refractivity contribution in [1.29, 1.82) is 0 Å². The lowest BCUT2D eigenvalue weighted by Crippen LogP contribution is -2.23. The Morgan fingerprint density at radius 2 is 1.90 bits per heavy atom. The van der Waals surface area contributed by atoms with Gasteiger partial charge in [0.25, 0.3) is 0 Å². The molecule has 2 heteroatoms. The second-order valence-electron chi connectivity index (χ2n) is 3.68. The van der Waals surface area contributed by atoms with Gasteiger partial charge in [-0.25, -0.2) is 0 Å². The average molecular weight is 165 g/mol. The van der Waals surface area contributed by atoms with E-state index in [2.05, 4.69) is 6.92 Å². The highest BCUT2D eigenvalue weighted by Gasteiger charge is 2.11. The molecule has 0 rings (SSSR count). The molecule has 0 aromatic rings. The van der Waals surface area contributed by atoms with Crippen LogP contribution < -0.4 is 0 Å². The van der Waals surface area contributed by atoms with E-state index in [-0.39, 0.29) is 5.60 Å². The highest BCUT2D eigenvalue weighted by atomic mass is 35.5. The minimum absolute atomic E-state index is 0.0275. The van der Waals surface area contributed by atoms with Crippen molar-refractivity contribution in [3.05, 3.63) is 0 Å². The molecular formula is C8H17ClO. The predicted molar refractivity (Wildman–Crippen MR) is 45.6 cm³/mol. The van der Waals surface area contributed by atoms with Gasteiger partial charge in [-0.05, 0) is 26.7 Å². The van der Waals surface area contributed by atoms with E-state index in [0.717, 1.165) is 6.61 Å². The number of alkyl halides is 1. The number of ether oxygens (including phenoxy) is 1. The van der Waals surface area contributed by atoms with Gasteiger partial charge in [-0.3, -0.25) is 0 Å². The monoisotopic (exact) mass is 164 g/mol. The Kier molecular flexibility index (Phi) is 4.30. The molecule has 0 radical (unpaired) electrons. The van der Waals surface area contributed by atoms with E-state index < -0.39 is 0 Å². The number of rotatable bonds is 3. The van der Waals surface area contributed by atoms with Crippen LogP contribution in [-0.2, 0) is 4.74 Å². The van der Waals surface area contributed by atoms with E-state index in [9.17, 15) is 0 Å². The third kappa shape index (κ3) is 6.37. The van der Waals surface area contributed by atoms with Crippen molar-refractivity contribution in [3.8, 4) is 0 Å². The van der Waals surface area contributed by atoms with Crippen LogP contribution in [0.15, 0.2) is 0 Å². The summed E-state index contributed by atoms with van der Waals surface area (Å²) in [5.41, 5.74) is -0.0275. The maximum absolute atomic E-state index is 5.60. The fourth-order valence-electron chi connectivity index (χ4n) is 0.437. The minimum Gasteiger partial charge on any atom is -0.376 e. The van der Waals surface area contributed by atoms with Crippen LogP contribution in [0.25, 0.3) is 0 Å². The molecule has 0 saturated heterocycles. The fraction of sp³-hybridized carbons (Fsp3) is 1.00. The second-order valence-corrected chi connectivity index (χ2v) is 3.99. The third-order valence-electron chi connectivity index (χ3n) is 1.06. The van der Waals surface area contributed by atoms with Crippen LogP contribution in [0.2, 0.25) is 0 Å². The summed E-state index contributed by atoms with van der Waals surface area (Å²) in [5, 5.41) is 0. The number of halogens is 1. The van der Waals surface area contributed by atoms with Gasteiger partial charge in [-0.15, -0.1) is 11.6 Å². The molecule has 0 saturated carbocycles. The molecular weight excluding hydrogens is 148 g/mol. The summed E-state index contributed by atoms with van der Waals surface area (Å²) in [6.45, 7) is 8.99. The van der Waals surface area contributed by atoms with Crippen LogP contribution in [-0.4, -0.2) is 18.1 Å². The Morgan fingerprint density at radius 3 is 2.20 bits per heavy atom. The minimum atomic E-state index is -0.0275. The molecule has 0 aliphatic rings. The van der Waals surface area contributed by atoms with Crippen LogP contribution >= 0.6 is 11.6 Å². The highest BCUT2D eigenvalue weighted by Crippen LogP contribution is 2.09. The van der Waals surface area contributed by atoms with Gasteiger partial charge < -0.3 is 4.74 Å². The standard InChI is InChI=1S/C8H17ClO/c1-7(5-9)6-10-8(2,3)4/h7H,5-6H2,1-4H3. The largest absolute Gasteiger partial charge is 0.376 e. The molecule has 0 bridgehead atoms. The molecule has 0 aromatic carbocycles. The first-order valence-corrected chi connectivity index (χ1v) is 4.19. The first-order chi connectivity index (χ1) is 4.45. The van der Waals surface area contributed by atoms with Gasteiger partial charge in [0, 0.05) is 5.88 Å². The lowest BCUT2D eigenvalue weighted by Gasteiger charge is -2.21. The van der Waals surface area contributed by atoms with Crippen molar-refractivity contribution < 1.29 is 4.74 Å². The summed E-state index contributed by atoms with van der Waals surface area (Å²) in [6.07, 6.45) is 0. The van der Waals surface area contributed by atoms with Gasteiger partial charge in [0.05, 0.1) is 12.2 Å². The zero-order valence-electron chi connectivity index (χ0n) is 7.28. The maximum Gasteiger partial charge on any atom is 0.0598 e. The van der Waals surface area contributed by atoms with Crippen molar-refractivity contribution in [1.82, 2.24) is 0 Å². The van der Waals surface area contributed by atoms with Crippen LogP contribution in [0.3, 0.4) is 0 Å². The molecule has 1 atom stereocenters. The first-order valence-electron chi connectivity index (χ1n) is 3.65. The third-order valence-corrected chi connectivity index (χ3v) is 1.59. The zero-order chi connectivity index (χ0) is 8.20. The van der Waals surface area contributed by atoms with Crippen molar-refractivity contribution in [2.45, 2.75) is 33.3 Å². The Hall–Kier alpha value is 0.250. The maximum atomic E-state index is 5.60. The van der Waals surface area contributed by atoms with E-state index in [4.69, 9.17) is 16.3 Å². The SMILES string of the molecule is CC(CCl)COC(C)(C)C. The molecule has 1 unspecified atom stereocenters. The summed E-state index contributed by atoms with van der Waals surface area (Å²) >= 11 is 5.60. The van der Waals surface area contributed by atoms with Crippen LogP contribution in [0.4, 0.5) is 0 Å². The quantitative estimate of drug-likeness (QED) is 0.583. The number of hydrogen-bond donors (Lipinski definition) is 0. The van der Waals surface area contributed by atoms with E-state index in [1.54, 1.807) is 0 Å². The molecule has 0 aliphatic heterocycles. The molecule has 0 aliphatic carbocycles. The molecule has 1 nitrogen and oxygen atoms in total. The van der Waals surface area contributed by atoms with E-state index in [1.807, 2.05) is 20.8 Å². The van der Waals surface area contributed by atoms with Gasteiger partial charge in [0.1, 0.15) is 0 Å². The van der Waals surface area contributed by atoms with Crippen molar-refractivity contribution in [2.24, 2.45) is 5.92 Å². The zero-order valence-corrected chi connectivity index (χ0v) is 8.03. The Morgan fingerprint density at radius 1 is 1.40 bits per heavy atom. The second kappa shape index (κ2) is 4.20. The summed E-state index contributed by atoms with van der Waals surface area (Å²) in [6, 6.07) is 0. The van der Waals surface area contributed by atoms with Crippen molar-refractivity contribution >= 4 is 11.6 Å². The topological polar surface area (TPSA) is 9.23 Å². The summed E-state index contributed by atoms with van der Waals surface area (Å²) < 4.78 is 5.50. The number of hydrogen-bond acceptors (Lipinski definition) is 1. The molecule has 0 heterocycles. The molecule has 0 aromatic heterocycles. The Bertz CT molecular complexity index is 85.7. The Balaban J connectivity index is 3.36. The van der Waals surface area contributed by atoms with E-state index >= 15 is 0 Å². The molecule has 10 heavy (non-hydrogen) atoms. The molecule has 0 fully saturated rings. The average Bonchev–Trinajstić information content (AvgIpc) is 1.81. The highest BCUT2D eigenvalue weighted by molar-refractivity contribution is 6.18. The van der Waals surface area contributed by atoms with E-state index in [1.165, 1.54) is 0 Å². The van der Waals surface area contributed by atoms with E-state index in [0.29, 0.717) is 11.8 Å². The summed E-state index contributed by atoms with van der Waals surface area (Å²) in [7, 11) is 0. The van der Waals surface area contributed by atoms with Crippen LogP contribution in [0.1, 0.15) is 27.7 Å². The molecule has 0 N–H and O–H groups in total. The lowest BCUT2D eigenvalue weighted by atomic mass is 10.2. The lowest BCUT2D eigenvalue weighted by molar-refractivity contribution is -0.0162. The van der Waals surface area contributed by atoms with Gasteiger partial charge in [0.2, 0.25) is 0 Å². The van der Waals surface area contributed by atoms with Gasteiger partial charge in [-0.2, -0.15) is 0 Å². The van der Waals surface area contributed by atoms with Crippen LogP contribution in [0.5, 0.6) is 0 Å². The smallest absolute Gasteiger partial charge is 0.0598 e. The summed E-state index contributed by atoms with van der Waals surface area (Å²) in [4.78, 5) is 0. The van der Waals surface area contributed by atoms with Crippen molar-refractivity contribution in [2.75, 3.05) is 12.5 Å². The first kappa shape index (κ1) is 10.2. The normalized spacial score (nSPS) is 15.3. The molecule has 0 spiro atoms. The van der Waals surface area contributed by atoms with Crippen molar-refractivity contribution in [3.63, 3.8) is 0 Å². The summed E-state index contributed by atoms with van der Waals surface area (Å²) in [5.74, 6) is 1.14. The molecule has 62 valence electrons. The predicted octanol–water partition coefficient (Wildman–Crippen LogP) is 2.68. The fourth-order valence-corrected chi connectivity index (χ4v) is 0.526.